The number of pyridine rings is 2. The minimum Gasteiger partial charge on any atom is -0.399 e. The third kappa shape index (κ3) is 3.59. The van der Waals surface area contributed by atoms with Crippen LogP contribution in [0, 0.1) is 0 Å². The number of aromatic nitrogens is 2. The van der Waals surface area contributed by atoms with Gasteiger partial charge in [-0.2, -0.15) is 0 Å². The predicted octanol–water partition coefficient (Wildman–Crippen LogP) is 3.35. The molecule has 0 aliphatic carbocycles. The SMILES string of the molecule is CCNC(=O)c1ccc(-c2cc3cccc(B4OC(C)(C)C(C)(C)O4)c3cn2)cn1. The summed E-state index contributed by atoms with van der Waals surface area (Å²) in [5.74, 6) is -0.178. The lowest BCUT2D eigenvalue weighted by atomic mass is 9.76. The molecule has 154 valence electrons. The van der Waals surface area contributed by atoms with Crippen molar-refractivity contribution < 1.29 is 14.1 Å². The van der Waals surface area contributed by atoms with Crippen molar-refractivity contribution in [2.45, 2.75) is 45.8 Å². The van der Waals surface area contributed by atoms with Crippen molar-refractivity contribution in [1.82, 2.24) is 15.3 Å². The lowest BCUT2D eigenvalue weighted by Crippen LogP contribution is -2.41. The molecule has 1 fully saturated rings. The highest BCUT2D eigenvalue weighted by Crippen LogP contribution is 2.37. The summed E-state index contributed by atoms with van der Waals surface area (Å²) in [5.41, 5.74) is 2.21. The Morgan fingerprint density at radius 3 is 2.40 bits per heavy atom. The third-order valence-corrected chi connectivity index (χ3v) is 5.93. The predicted molar refractivity (Wildman–Crippen MR) is 119 cm³/mol. The van der Waals surface area contributed by atoms with Gasteiger partial charge >= 0.3 is 7.12 Å². The van der Waals surface area contributed by atoms with Gasteiger partial charge in [-0.3, -0.25) is 14.8 Å². The number of benzene rings is 1. The van der Waals surface area contributed by atoms with Gasteiger partial charge in [-0.1, -0.05) is 18.2 Å². The van der Waals surface area contributed by atoms with Crippen molar-refractivity contribution in [3.8, 4) is 11.3 Å². The monoisotopic (exact) mass is 403 g/mol. The number of rotatable bonds is 4. The van der Waals surface area contributed by atoms with Crippen molar-refractivity contribution in [1.29, 1.82) is 0 Å². The zero-order chi connectivity index (χ0) is 21.5. The van der Waals surface area contributed by atoms with Crippen LogP contribution in [-0.2, 0) is 9.31 Å². The van der Waals surface area contributed by atoms with E-state index in [-0.39, 0.29) is 5.91 Å². The Balaban J connectivity index is 1.66. The van der Waals surface area contributed by atoms with Crippen LogP contribution < -0.4 is 10.8 Å². The summed E-state index contributed by atoms with van der Waals surface area (Å²) in [6.45, 7) is 10.6. The highest BCUT2D eigenvalue weighted by Gasteiger charge is 2.52. The molecule has 0 bridgehead atoms. The van der Waals surface area contributed by atoms with E-state index in [0.29, 0.717) is 12.2 Å². The number of fused-ring (bicyclic) bond motifs is 1. The first-order valence-corrected chi connectivity index (χ1v) is 10.2. The van der Waals surface area contributed by atoms with Gasteiger partial charge in [-0.05, 0) is 69.1 Å². The Bertz CT molecular complexity index is 1080. The number of nitrogens with one attached hydrogen (secondary N) is 1. The van der Waals surface area contributed by atoms with Crippen molar-refractivity contribution >= 4 is 29.3 Å². The lowest BCUT2D eigenvalue weighted by molar-refractivity contribution is 0.00578. The van der Waals surface area contributed by atoms with Crippen LogP contribution in [0.15, 0.2) is 48.8 Å². The van der Waals surface area contributed by atoms with Gasteiger partial charge < -0.3 is 14.6 Å². The molecule has 1 saturated heterocycles. The second-order valence-corrected chi connectivity index (χ2v) is 8.52. The van der Waals surface area contributed by atoms with E-state index in [1.807, 2.05) is 71.1 Å². The van der Waals surface area contributed by atoms with Crippen molar-refractivity contribution in [2.24, 2.45) is 0 Å². The van der Waals surface area contributed by atoms with E-state index in [2.05, 4.69) is 15.3 Å². The molecule has 0 saturated carbocycles. The van der Waals surface area contributed by atoms with E-state index in [1.54, 1.807) is 12.3 Å². The van der Waals surface area contributed by atoms with Gasteiger partial charge in [0.2, 0.25) is 0 Å². The fourth-order valence-corrected chi connectivity index (χ4v) is 3.46. The molecule has 2 aromatic heterocycles. The van der Waals surface area contributed by atoms with Crippen LogP contribution in [0.4, 0.5) is 0 Å². The van der Waals surface area contributed by atoms with Gasteiger partial charge in [-0.25, -0.2) is 0 Å². The maximum Gasteiger partial charge on any atom is 0.495 e. The molecule has 1 aliphatic rings. The Hall–Kier alpha value is -2.77. The largest absolute Gasteiger partial charge is 0.495 e. The van der Waals surface area contributed by atoms with Gasteiger partial charge in [0, 0.05) is 24.5 Å². The molecular formula is C23H26BN3O3. The average Bonchev–Trinajstić information content (AvgIpc) is 2.94. The molecule has 0 atom stereocenters. The summed E-state index contributed by atoms with van der Waals surface area (Å²) in [7, 11) is -0.440. The topological polar surface area (TPSA) is 73.3 Å². The number of amides is 1. The molecule has 1 aliphatic heterocycles. The quantitative estimate of drug-likeness (QED) is 0.677. The van der Waals surface area contributed by atoms with Crippen LogP contribution in [0.3, 0.4) is 0 Å². The Labute approximate surface area is 177 Å². The maximum absolute atomic E-state index is 11.9. The molecule has 3 aromatic rings. The molecule has 0 spiro atoms. The molecule has 4 rings (SSSR count). The Kier molecular flexibility index (Phi) is 5.12. The van der Waals surface area contributed by atoms with E-state index in [1.165, 1.54) is 0 Å². The highest BCUT2D eigenvalue weighted by molar-refractivity contribution is 6.65. The van der Waals surface area contributed by atoms with E-state index < -0.39 is 18.3 Å². The van der Waals surface area contributed by atoms with Crippen molar-refractivity contribution in [3.63, 3.8) is 0 Å². The summed E-state index contributed by atoms with van der Waals surface area (Å²) in [6.07, 6.45) is 3.53. The molecule has 7 heteroatoms. The molecule has 30 heavy (non-hydrogen) atoms. The van der Waals surface area contributed by atoms with Crippen LogP contribution in [-0.4, -0.2) is 40.7 Å². The standard InChI is InChI=1S/C23H26BN3O3/c1-6-25-21(28)19-11-10-16(13-26-19)20-12-15-8-7-9-18(17(15)14-27-20)24-29-22(2,3)23(4,5)30-24/h7-14H,6H2,1-5H3,(H,25,28). The second-order valence-electron chi connectivity index (χ2n) is 8.52. The Morgan fingerprint density at radius 2 is 1.77 bits per heavy atom. The first kappa shape index (κ1) is 20.5. The summed E-state index contributed by atoms with van der Waals surface area (Å²) in [4.78, 5) is 20.8. The molecular weight excluding hydrogens is 377 g/mol. The Morgan fingerprint density at radius 1 is 1.03 bits per heavy atom. The zero-order valence-corrected chi connectivity index (χ0v) is 18.0. The summed E-state index contributed by atoms with van der Waals surface area (Å²) >= 11 is 0. The minimum atomic E-state index is -0.440. The van der Waals surface area contributed by atoms with Gasteiger partial charge in [0.1, 0.15) is 5.69 Å². The van der Waals surface area contributed by atoms with Crippen molar-refractivity contribution in [3.05, 3.63) is 54.5 Å². The fraction of sp³-hybridized carbons (Fsp3) is 0.348. The van der Waals surface area contributed by atoms with Gasteiger partial charge in [0.05, 0.1) is 16.9 Å². The molecule has 1 N–H and O–H groups in total. The smallest absolute Gasteiger partial charge is 0.399 e. The van der Waals surface area contributed by atoms with Crippen LogP contribution in [0.1, 0.15) is 45.1 Å². The highest BCUT2D eigenvalue weighted by atomic mass is 16.7. The number of hydrogen-bond donors (Lipinski definition) is 1. The molecule has 3 heterocycles. The summed E-state index contributed by atoms with van der Waals surface area (Å²) in [6, 6.07) is 11.7. The van der Waals surface area contributed by atoms with Crippen LogP contribution >= 0.6 is 0 Å². The minimum absolute atomic E-state index is 0.178. The molecule has 1 aromatic carbocycles. The molecule has 0 unspecified atom stereocenters. The number of carbonyl (C=O) groups excluding carboxylic acids is 1. The van der Waals surface area contributed by atoms with Gasteiger partial charge in [-0.15, -0.1) is 0 Å². The van der Waals surface area contributed by atoms with Crippen molar-refractivity contribution in [2.75, 3.05) is 6.54 Å². The fourth-order valence-electron chi connectivity index (χ4n) is 3.46. The maximum atomic E-state index is 11.9. The normalized spacial score (nSPS) is 17.3. The van der Waals surface area contributed by atoms with Crippen LogP contribution in [0.2, 0.25) is 0 Å². The molecule has 0 radical (unpaired) electrons. The summed E-state index contributed by atoms with van der Waals surface area (Å²) in [5, 5.41) is 4.78. The number of carbonyl (C=O) groups is 1. The van der Waals surface area contributed by atoms with Gasteiger partial charge in [0.15, 0.2) is 0 Å². The second kappa shape index (κ2) is 7.49. The number of nitrogens with zero attached hydrogens (tertiary/aromatic N) is 2. The molecule has 1 amide bonds. The van der Waals surface area contributed by atoms with E-state index in [0.717, 1.165) is 27.5 Å². The average molecular weight is 403 g/mol. The first-order valence-electron chi connectivity index (χ1n) is 10.2. The van der Waals surface area contributed by atoms with Crippen LogP contribution in [0.25, 0.3) is 22.0 Å². The summed E-state index contributed by atoms with van der Waals surface area (Å²) < 4.78 is 12.5. The van der Waals surface area contributed by atoms with E-state index >= 15 is 0 Å². The number of hydrogen-bond acceptors (Lipinski definition) is 5. The third-order valence-electron chi connectivity index (χ3n) is 5.93. The van der Waals surface area contributed by atoms with E-state index in [4.69, 9.17) is 9.31 Å². The first-order chi connectivity index (χ1) is 14.2. The zero-order valence-electron chi connectivity index (χ0n) is 18.0. The van der Waals surface area contributed by atoms with Crippen LogP contribution in [0.5, 0.6) is 0 Å². The van der Waals surface area contributed by atoms with E-state index in [9.17, 15) is 4.79 Å². The van der Waals surface area contributed by atoms with Gasteiger partial charge in [0.25, 0.3) is 5.91 Å². The molecule has 6 nitrogen and oxygen atoms in total. The lowest BCUT2D eigenvalue weighted by Gasteiger charge is -2.32.